The molecule has 0 unspecified atom stereocenters. The Morgan fingerprint density at radius 2 is 2.00 bits per heavy atom. The molecule has 0 amide bonds. The van der Waals surface area contributed by atoms with Crippen LogP contribution in [0, 0.1) is 0 Å². The third-order valence-electron chi connectivity index (χ3n) is 4.05. The number of carbonyl (C=O) groups excluding carboxylic acids is 1. The van der Waals surface area contributed by atoms with Crippen LogP contribution < -0.4 is 4.74 Å². The average molecular weight is 329 g/mol. The molecule has 0 fully saturated rings. The summed E-state index contributed by atoms with van der Waals surface area (Å²) in [5.74, 6) is 0.379. The van der Waals surface area contributed by atoms with Crippen molar-refractivity contribution in [2.45, 2.75) is 12.8 Å². The Labute approximate surface area is 140 Å². The van der Waals surface area contributed by atoms with Crippen molar-refractivity contribution >= 4 is 23.1 Å². The molecule has 23 heavy (non-hydrogen) atoms. The summed E-state index contributed by atoms with van der Waals surface area (Å²) in [5.41, 5.74) is 4.59. The summed E-state index contributed by atoms with van der Waals surface area (Å²) in [6, 6.07) is 11.3. The number of carbonyl (C=O) groups is 1. The molecule has 0 aliphatic heterocycles. The molecular formula is C19H17ClO3. The number of ether oxygens (including phenoxy) is 2. The molecule has 0 aromatic heterocycles. The molecule has 0 N–H and O–H groups in total. The number of hydrogen-bond acceptors (Lipinski definition) is 3. The second-order valence-corrected chi connectivity index (χ2v) is 5.74. The van der Waals surface area contributed by atoms with Gasteiger partial charge in [0.15, 0.2) is 0 Å². The average Bonchev–Trinajstić information content (AvgIpc) is 2.60. The highest BCUT2D eigenvalue weighted by Gasteiger charge is 2.21. The van der Waals surface area contributed by atoms with Gasteiger partial charge >= 0.3 is 5.97 Å². The molecule has 3 rings (SSSR count). The minimum Gasteiger partial charge on any atom is -0.496 e. The van der Waals surface area contributed by atoms with Crippen molar-refractivity contribution in [3.63, 3.8) is 0 Å². The van der Waals surface area contributed by atoms with E-state index < -0.39 is 0 Å². The minimum atomic E-state index is -0.344. The summed E-state index contributed by atoms with van der Waals surface area (Å²) in [4.78, 5) is 11.8. The first-order valence-corrected chi connectivity index (χ1v) is 7.78. The van der Waals surface area contributed by atoms with E-state index in [-0.39, 0.29) is 5.97 Å². The minimum absolute atomic E-state index is 0.344. The van der Waals surface area contributed by atoms with Gasteiger partial charge in [0, 0.05) is 5.56 Å². The second-order valence-electron chi connectivity index (χ2n) is 5.34. The molecular weight excluding hydrogens is 312 g/mol. The molecule has 1 aliphatic carbocycles. The van der Waals surface area contributed by atoms with Gasteiger partial charge in [0.25, 0.3) is 0 Å². The van der Waals surface area contributed by atoms with Crippen molar-refractivity contribution in [1.82, 2.24) is 0 Å². The lowest BCUT2D eigenvalue weighted by atomic mass is 9.85. The lowest BCUT2D eigenvalue weighted by Crippen LogP contribution is -2.07. The van der Waals surface area contributed by atoms with Crippen molar-refractivity contribution in [1.29, 1.82) is 0 Å². The Bertz CT molecular complexity index is 793. The normalized spacial score (nSPS) is 13.1. The maximum atomic E-state index is 11.8. The van der Waals surface area contributed by atoms with Crippen LogP contribution in [0.1, 0.15) is 33.5 Å². The van der Waals surface area contributed by atoms with Crippen LogP contribution in [0.5, 0.6) is 5.75 Å². The number of fused-ring (bicyclic) bond motifs is 1. The Morgan fingerprint density at radius 3 is 2.74 bits per heavy atom. The quantitative estimate of drug-likeness (QED) is 0.777. The predicted octanol–water partition coefficient (Wildman–Crippen LogP) is 4.51. The third-order valence-corrected chi connectivity index (χ3v) is 4.36. The zero-order valence-electron chi connectivity index (χ0n) is 13.1. The molecule has 0 heterocycles. The molecule has 118 valence electrons. The summed E-state index contributed by atoms with van der Waals surface area (Å²) in [5, 5.41) is 0.631. The Balaban J connectivity index is 2.18. The number of benzene rings is 2. The largest absolute Gasteiger partial charge is 0.496 e. The van der Waals surface area contributed by atoms with Gasteiger partial charge in [0.1, 0.15) is 5.75 Å². The van der Waals surface area contributed by atoms with Crippen LogP contribution in [0.15, 0.2) is 42.5 Å². The van der Waals surface area contributed by atoms with Crippen LogP contribution >= 0.6 is 11.6 Å². The number of hydrogen-bond donors (Lipinski definition) is 0. The molecule has 2 aromatic carbocycles. The number of allylic oxidation sites excluding steroid dienone is 1. The van der Waals surface area contributed by atoms with Crippen molar-refractivity contribution in [3.8, 4) is 5.75 Å². The maximum Gasteiger partial charge on any atom is 0.337 e. The van der Waals surface area contributed by atoms with Crippen LogP contribution in [-0.2, 0) is 11.2 Å². The van der Waals surface area contributed by atoms with Crippen molar-refractivity contribution in [3.05, 3.63) is 69.8 Å². The molecule has 0 spiro atoms. The van der Waals surface area contributed by atoms with Gasteiger partial charge in [-0.2, -0.15) is 0 Å². The van der Waals surface area contributed by atoms with E-state index in [1.165, 1.54) is 12.7 Å². The van der Waals surface area contributed by atoms with Crippen molar-refractivity contribution < 1.29 is 14.3 Å². The topological polar surface area (TPSA) is 35.5 Å². The second kappa shape index (κ2) is 6.47. The van der Waals surface area contributed by atoms with E-state index in [4.69, 9.17) is 21.1 Å². The van der Waals surface area contributed by atoms with Gasteiger partial charge in [-0.1, -0.05) is 29.8 Å². The highest BCUT2D eigenvalue weighted by molar-refractivity contribution is 6.33. The summed E-state index contributed by atoms with van der Waals surface area (Å²) in [7, 11) is 3.01. The SMILES string of the molecule is COC(=O)c1ccc2c(c1)C(c1c(Cl)cccc1OC)=CCC2. The van der Waals surface area contributed by atoms with Gasteiger partial charge in [0.2, 0.25) is 0 Å². The summed E-state index contributed by atoms with van der Waals surface area (Å²) in [6.07, 6.45) is 4.01. The number of esters is 1. The van der Waals surface area contributed by atoms with E-state index in [0.29, 0.717) is 10.6 Å². The molecule has 0 atom stereocenters. The first kappa shape index (κ1) is 15.6. The standard InChI is InChI=1S/C19H17ClO3/c1-22-17-8-4-7-16(20)18(17)14-6-3-5-12-9-10-13(11-15(12)14)19(21)23-2/h4,6-11H,3,5H2,1-2H3. The van der Waals surface area contributed by atoms with Crippen molar-refractivity contribution in [2.75, 3.05) is 14.2 Å². The van der Waals surface area contributed by atoms with Crippen LogP contribution in [0.2, 0.25) is 5.02 Å². The number of halogens is 1. The Morgan fingerprint density at radius 1 is 1.17 bits per heavy atom. The van der Waals surface area contributed by atoms with Crippen LogP contribution in [0.3, 0.4) is 0 Å². The maximum absolute atomic E-state index is 11.8. The molecule has 0 radical (unpaired) electrons. The van der Waals surface area contributed by atoms with Gasteiger partial charge in [-0.25, -0.2) is 4.79 Å². The highest BCUT2D eigenvalue weighted by atomic mass is 35.5. The Hall–Kier alpha value is -2.26. The molecule has 4 heteroatoms. The van der Waals surface area contributed by atoms with Crippen LogP contribution in [0.4, 0.5) is 0 Å². The zero-order chi connectivity index (χ0) is 16.4. The summed E-state index contributed by atoms with van der Waals surface area (Å²) < 4.78 is 10.3. The van der Waals surface area contributed by atoms with E-state index in [1.54, 1.807) is 13.2 Å². The molecule has 3 nitrogen and oxygen atoms in total. The fourth-order valence-corrected chi connectivity index (χ4v) is 3.21. The number of rotatable bonds is 3. The van der Waals surface area contributed by atoms with E-state index in [0.717, 1.165) is 35.3 Å². The van der Waals surface area contributed by atoms with Crippen molar-refractivity contribution in [2.24, 2.45) is 0 Å². The van der Waals surface area contributed by atoms with E-state index >= 15 is 0 Å². The van der Waals surface area contributed by atoms with E-state index in [1.807, 2.05) is 30.3 Å². The summed E-state index contributed by atoms with van der Waals surface area (Å²) in [6.45, 7) is 0. The highest BCUT2D eigenvalue weighted by Crippen LogP contribution is 2.40. The number of aryl methyl sites for hydroxylation is 1. The van der Waals surface area contributed by atoms with Gasteiger partial charge in [-0.15, -0.1) is 0 Å². The third kappa shape index (κ3) is 2.84. The molecule has 0 saturated carbocycles. The van der Waals surface area contributed by atoms with Crippen LogP contribution in [0.25, 0.3) is 5.57 Å². The predicted molar refractivity (Wildman–Crippen MR) is 91.2 cm³/mol. The fraction of sp³-hybridized carbons (Fsp3) is 0.211. The van der Waals surface area contributed by atoms with Gasteiger partial charge in [-0.3, -0.25) is 0 Å². The Kier molecular flexibility index (Phi) is 4.39. The van der Waals surface area contributed by atoms with E-state index in [2.05, 4.69) is 6.08 Å². The first-order chi connectivity index (χ1) is 11.2. The lowest BCUT2D eigenvalue weighted by molar-refractivity contribution is 0.0600. The van der Waals surface area contributed by atoms with Gasteiger partial charge in [-0.05, 0) is 53.8 Å². The van der Waals surface area contributed by atoms with E-state index in [9.17, 15) is 4.79 Å². The molecule has 1 aliphatic rings. The van der Waals surface area contributed by atoms with Gasteiger partial charge < -0.3 is 9.47 Å². The smallest absolute Gasteiger partial charge is 0.337 e. The summed E-state index contributed by atoms with van der Waals surface area (Å²) >= 11 is 6.43. The fourth-order valence-electron chi connectivity index (χ4n) is 2.94. The molecule has 0 bridgehead atoms. The van der Waals surface area contributed by atoms with Crippen LogP contribution in [-0.4, -0.2) is 20.2 Å². The zero-order valence-corrected chi connectivity index (χ0v) is 13.8. The molecule has 0 saturated heterocycles. The van der Waals surface area contributed by atoms with Gasteiger partial charge in [0.05, 0.1) is 24.8 Å². The number of methoxy groups -OCH3 is 2. The monoisotopic (exact) mass is 328 g/mol. The lowest BCUT2D eigenvalue weighted by Gasteiger charge is -2.21. The first-order valence-electron chi connectivity index (χ1n) is 7.40. The molecule has 2 aromatic rings.